The maximum Gasteiger partial charge on any atom is 0.251 e. The number of amides is 1. The number of pyridine rings is 1. The molecule has 4 heteroatoms. The van der Waals surface area contributed by atoms with Crippen LogP contribution in [0.1, 0.15) is 55.6 Å². The number of nitrogens with one attached hydrogen (secondary N) is 2. The van der Waals surface area contributed by atoms with E-state index >= 15 is 0 Å². The standard InChI is InChI=1S/C17H27N3O/c1-4-18-16-10-15(9-13(3)20-16)17(21)19-11-14-7-5-6-12(2)8-14/h9-10,12,14H,4-8,11H2,1-3H3,(H,18,20)(H,19,21). The molecular formula is C17H27N3O. The first kappa shape index (κ1) is 15.8. The van der Waals surface area contributed by atoms with Crippen LogP contribution in [0.2, 0.25) is 0 Å². The normalized spacial score (nSPS) is 21.9. The molecule has 2 rings (SSSR count). The Morgan fingerprint density at radius 3 is 2.90 bits per heavy atom. The van der Waals surface area contributed by atoms with Gasteiger partial charge in [0, 0.05) is 24.3 Å². The van der Waals surface area contributed by atoms with Gasteiger partial charge in [-0.3, -0.25) is 4.79 Å². The van der Waals surface area contributed by atoms with Gasteiger partial charge in [0.15, 0.2) is 0 Å². The smallest absolute Gasteiger partial charge is 0.251 e. The van der Waals surface area contributed by atoms with Crippen LogP contribution in [0, 0.1) is 18.8 Å². The largest absolute Gasteiger partial charge is 0.370 e. The molecule has 1 aromatic rings. The Labute approximate surface area is 127 Å². The summed E-state index contributed by atoms with van der Waals surface area (Å²) in [7, 11) is 0. The van der Waals surface area contributed by atoms with Gasteiger partial charge in [-0.25, -0.2) is 4.98 Å². The van der Waals surface area contributed by atoms with Crippen molar-refractivity contribution in [3.8, 4) is 0 Å². The fourth-order valence-corrected chi connectivity index (χ4v) is 3.16. The molecule has 0 radical (unpaired) electrons. The molecule has 0 saturated heterocycles. The zero-order chi connectivity index (χ0) is 15.2. The first-order valence-corrected chi connectivity index (χ1v) is 8.09. The van der Waals surface area contributed by atoms with Crippen molar-refractivity contribution in [3.05, 3.63) is 23.4 Å². The lowest BCUT2D eigenvalue weighted by molar-refractivity contribution is 0.0940. The molecule has 0 aliphatic heterocycles. The molecular weight excluding hydrogens is 262 g/mol. The average molecular weight is 289 g/mol. The predicted molar refractivity (Wildman–Crippen MR) is 86.6 cm³/mol. The highest BCUT2D eigenvalue weighted by Gasteiger charge is 2.19. The van der Waals surface area contributed by atoms with Crippen molar-refractivity contribution >= 4 is 11.7 Å². The number of hydrogen-bond acceptors (Lipinski definition) is 3. The Kier molecular flexibility index (Phi) is 5.59. The Morgan fingerprint density at radius 2 is 2.19 bits per heavy atom. The van der Waals surface area contributed by atoms with Crippen molar-refractivity contribution in [2.24, 2.45) is 11.8 Å². The van der Waals surface area contributed by atoms with Gasteiger partial charge in [0.1, 0.15) is 5.82 Å². The van der Waals surface area contributed by atoms with E-state index in [9.17, 15) is 4.79 Å². The minimum atomic E-state index is 0.0119. The van der Waals surface area contributed by atoms with E-state index in [-0.39, 0.29) is 5.91 Å². The van der Waals surface area contributed by atoms with E-state index in [0.29, 0.717) is 11.5 Å². The Hall–Kier alpha value is -1.58. The number of carbonyl (C=O) groups is 1. The summed E-state index contributed by atoms with van der Waals surface area (Å²) in [6.45, 7) is 7.84. The van der Waals surface area contributed by atoms with Gasteiger partial charge in [-0.2, -0.15) is 0 Å². The van der Waals surface area contributed by atoms with E-state index < -0.39 is 0 Å². The van der Waals surface area contributed by atoms with Crippen molar-refractivity contribution in [1.29, 1.82) is 0 Å². The molecule has 1 aliphatic carbocycles. The SMILES string of the molecule is CCNc1cc(C(=O)NCC2CCCC(C)C2)cc(C)n1. The lowest BCUT2D eigenvalue weighted by atomic mass is 9.82. The van der Waals surface area contributed by atoms with Gasteiger partial charge in [0.2, 0.25) is 0 Å². The highest BCUT2D eigenvalue weighted by Crippen LogP contribution is 2.28. The number of carbonyl (C=O) groups excluding carboxylic acids is 1. The Morgan fingerprint density at radius 1 is 1.38 bits per heavy atom. The van der Waals surface area contributed by atoms with Crippen molar-refractivity contribution < 1.29 is 4.79 Å². The molecule has 0 bridgehead atoms. The summed E-state index contributed by atoms with van der Waals surface area (Å²) in [5.74, 6) is 2.21. The zero-order valence-electron chi connectivity index (χ0n) is 13.4. The minimum absolute atomic E-state index is 0.0119. The molecule has 1 saturated carbocycles. The molecule has 21 heavy (non-hydrogen) atoms. The fraction of sp³-hybridized carbons (Fsp3) is 0.647. The molecule has 116 valence electrons. The number of aromatic nitrogens is 1. The van der Waals surface area contributed by atoms with Gasteiger partial charge in [-0.15, -0.1) is 0 Å². The molecule has 1 fully saturated rings. The third kappa shape index (κ3) is 4.73. The van der Waals surface area contributed by atoms with E-state index in [4.69, 9.17) is 0 Å². The van der Waals surface area contributed by atoms with Crippen LogP contribution in [-0.4, -0.2) is 24.0 Å². The minimum Gasteiger partial charge on any atom is -0.370 e. The predicted octanol–water partition coefficient (Wildman–Crippen LogP) is 3.38. The number of rotatable bonds is 5. The summed E-state index contributed by atoms with van der Waals surface area (Å²) in [6.07, 6.45) is 5.10. The molecule has 2 N–H and O–H groups in total. The summed E-state index contributed by atoms with van der Waals surface area (Å²) in [5.41, 5.74) is 1.56. The number of hydrogen-bond donors (Lipinski definition) is 2. The van der Waals surface area contributed by atoms with Crippen molar-refractivity contribution in [1.82, 2.24) is 10.3 Å². The van der Waals surface area contributed by atoms with Gasteiger partial charge < -0.3 is 10.6 Å². The van der Waals surface area contributed by atoms with E-state index in [1.54, 1.807) is 0 Å². The summed E-state index contributed by atoms with van der Waals surface area (Å²) in [6, 6.07) is 3.68. The molecule has 0 spiro atoms. The molecule has 2 unspecified atom stereocenters. The van der Waals surface area contributed by atoms with Crippen LogP contribution in [0.25, 0.3) is 0 Å². The first-order chi connectivity index (χ1) is 10.1. The lowest BCUT2D eigenvalue weighted by Crippen LogP contribution is -2.31. The van der Waals surface area contributed by atoms with Gasteiger partial charge in [-0.05, 0) is 50.7 Å². The van der Waals surface area contributed by atoms with Crippen LogP contribution in [0.4, 0.5) is 5.82 Å². The van der Waals surface area contributed by atoms with Crippen LogP contribution < -0.4 is 10.6 Å². The van der Waals surface area contributed by atoms with Crippen LogP contribution in [0.5, 0.6) is 0 Å². The van der Waals surface area contributed by atoms with Crippen LogP contribution in [0.3, 0.4) is 0 Å². The third-order valence-electron chi connectivity index (χ3n) is 4.17. The van der Waals surface area contributed by atoms with E-state index in [0.717, 1.165) is 30.5 Å². The second kappa shape index (κ2) is 7.43. The van der Waals surface area contributed by atoms with Gasteiger partial charge in [0.05, 0.1) is 0 Å². The van der Waals surface area contributed by atoms with E-state index in [1.165, 1.54) is 25.7 Å². The van der Waals surface area contributed by atoms with Gasteiger partial charge >= 0.3 is 0 Å². The zero-order valence-corrected chi connectivity index (χ0v) is 13.4. The molecule has 1 aliphatic rings. The molecule has 1 amide bonds. The Bertz CT molecular complexity index is 487. The number of aryl methyl sites for hydroxylation is 1. The average Bonchev–Trinajstić information content (AvgIpc) is 2.44. The van der Waals surface area contributed by atoms with E-state index in [2.05, 4.69) is 22.5 Å². The Balaban J connectivity index is 1.93. The third-order valence-corrected chi connectivity index (χ3v) is 4.17. The maximum absolute atomic E-state index is 12.3. The summed E-state index contributed by atoms with van der Waals surface area (Å²) in [5, 5.41) is 6.26. The summed E-state index contributed by atoms with van der Waals surface area (Å²) >= 11 is 0. The molecule has 0 aromatic carbocycles. The highest BCUT2D eigenvalue weighted by atomic mass is 16.1. The first-order valence-electron chi connectivity index (χ1n) is 8.09. The maximum atomic E-state index is 12.3. The fourth-order valence-electron chi connectivity index (χ4n) is 3.16. The van der Waals surface area contributed by atoms with Crippen molar-refractivity contribution in [3.63, 3.8) is 0 Å². The summed E-state index contributed by atoms with van der Waals surface area (Å²) in [4.78, 5) is 16.7. The van der Waals surface area contributed by atoms with E-state index in [1.807, 2.05) is 26.0 Å². The topological polar surface area (TPSA) is 54.0 Å². The summed E-state index contributed by atoms with van der Waals surface area (Å²) < 4.78 is 0. The lowest BCUT2D eigenvalue weighted by Gasteiger charge is -2.26. The van der Waals surface area contributed by atoms with Crippen LogP contribution >= 0.6 is 0 Å². The van der Waals surface area contributed by atoms with Crippen LogP contribution in [-0.2, 0) is 0 Å². The van der Waals surface area contributed by atoms with Crippen molar-refractivity contribution in [2.45, 2.75) is 46.5 Å². The quantitative estimate of drug-likeness (QED) is 0.873. The molecule has 2 atom stereocenters. The molecule has 1 aromatic heterocycles. The number of anilines is 1. The van der Waals surface area contributed by atoms with Crippen LogP contribution in [0.15, 0.2) is 12.1 Å². The van der Waals surface area contributed by atoms with Gasteiger partial charge in [0.25, 0.3) is 5.91 Å². The van der Waals surface area contributed by atoms with Crippen molar-refractivity contribution in [2.75, 3.05) is 18.4 Å². The highest BCUT2D eigenvalue weighted by molar-refractivity contribution is 5.95. The molecule has 4 nitrogen and oxygen atoms in total. The monoisotopic (exact) mass is 289 g/mol. The van der Waals surface area contributed by atoms with Gasteiger partial charge in [-0.1, -0.05) is 19.8 Å². The molecule has 1 heterocycles. The second-order valence-corrected chi connectivity index (χ2v) is 6.26. The second-order valence-electron chi connectivity index (χ2n) is 6.26. The number of nitrogens with zero attached hydrogens (tertiary/aromatic N) is 1.